The minimum atomic E-state index is -0.0995. The quantitative estimate of drug-likeness (QED) is 0.580. The van der Waals surface area contributed by atoms with Gasteiger partial charge in [0, 0.05) is 11.9 Å². The van der Waals surface area contributed by atoms with Crippen LogP contribution in [0.2, 0.25) is 0 Å². The molecule has 11 heavy (non-hydrogen) atoms. The molecule has 3 heteroatoms. The van der Waals surface area contributed by atoms with Crippen molar-refractivity contribution in [1.82, 2.24) is 10.6 Å². The number of carbonyl (C=O) groups is 1. The first-order valence-electron chi connectivity index (χ1n) is 3.88. The number of hydrogen-bond acceptors (Lipinski definition) is 2. The van der Waals surface area contributed by atoms with E-state index in [1.165, 1.54) is 0 Å². The molecular formula is C8H14N2O. The number of carbonyl (C=O) groups excluding carboxylic acids is 1. The van der Waals surface area contributed by atoms with Gasteiger partial charge in [0.2, 0.25) is 5.91 Å². The summed E-state index contributed by atoms with van der Waals surface area (Å²) in [4.78, 5) is 11.1. The summed E-state index contributed by atoms with van der Waals surface area (Å²) in [6.07, 6.45) is 1.87. The maximum Gasteiger partial charge on any atom is 0.246 e. The minimum Gasteiger partial charge on any atom is -0.378 e. The molecule has 2 N–H and O–H groups in total. The zero-order valence-corrected chi connectivity index (χ0v) is 7.14. The molecule has 0 saturated carbocycles. The topological polar surface area (TPSA) is 41.1 Å². The molecular weight excluding hydrogens is 140 g/mol. The largest absolute Gasteiger partial charge is 0.378 e. The van der Waals surface area contributed by atoms with E-state index >= 15 is 0 Å². The van der Waals surface area contributed by atoms with Crippen molar-refractivity contribution in [2.45, 2.75) is 26.8 Å². The van der Waals surface area contributed by atoms with E-state index in [1.54, 1.807) is 0 Å². The van der Waals surface area contributed by atoms with E-state index < -0.39 is 0 Å². The van der Waals surface area contributed by atoms with Crippen LogP contribution in [0.4, 0.5) is 0 Å². The van der Waals surface area contributed by atoms with Crippen molar-refractivity contribution in [2.75, 3.05) is 0 Å². The molecule has 0 spiro atoms. The second kappa shape index (κ2) is 2.95. The lowest BCUT2D eigenvalue weighted by Gasteiger charge is -2.22. The molecule has 1 aliphatic rings. The van der Waals surface area contributed by atoms with Crippen molar-refractivity contribution < 1.29 is 4.79 Å². The van der Waals surface area contributed by atoms with Crippen LogP contribution in [0.1, 0.15) is 20.8 Å². The summed E-state index contributed by atoms with van der Waals surface area (Å²) in [5.41, 5.74) is 0.966. The predicted molar refractivity (Wildman–Crippen MR) is 43.7 cm³/mol. The molecule has 0 aromatic carbocycles. The number of rotatable bonds is 1. The summed E-state index contributed by atoms with van der Waals surface area (Å²) in [5, 5.41) is 5.81. The zero-order valence-electron chi connectivity index (χ0n) is 7.14. The Morgan fingerprint density at radius 2 is 2.18 bits per heavy atom. The Balaban J connectivity index is 2.66. The SMILES string of the molecule is CC(C)C1=CNC(C)C(=O)N1. The Hall–Kier alpha value is -0.990. The Labute approximate surface area is 66.9 Å². The molecule has 0 radical (unpaired) electrons. The molecule has 1 heterocycles. The van der Waals surface area contributed by atoms with E-state index in [9.17, 15) is 4.79 Å². The monoisotopic (exact) mass is 154 g/mol. The lowest BCUT2D eigenvalue weighted by molar-refractivity contribution is -0.122. The Morgan fingerprint density at radius 1 is 1.55 bits per heavy atom. The predicted octanol–water partition coefficient (Wildman–Crippen LogP) is 0.592. The van der Waals surface area contributed by atoms with E-state index in [0.29, 0.717) is 5.92 Å². The minimum absolute atomic E-state index is 0.0520. The second-order valence-electron chi connectivity index (χ2n) is 3.13. The Kier molecular flexibility index (Phi) is 2.17. The number of hydrogen-bond donors (Lipinski definition) is 2. The number of allylic oxidation sites excluding steroid dienone is 1. The van der Waals surface area contributed by atoms with Crippen LogP contribution in [0.5, 0.6) is 0 Å². The Morgan fingerprint density at radius 3 is 2.64 bits per heavy atom. The van der Waals surface area contributed by atoms with Gasteiger partial charge in [0.15, 0.2) is 0 Å². The summed E-state index contributed by atoms with van der Waals surface area (Å²) in [6, 6.07) is -0.0995. The van der Waals surface area contributed by atoms with Gasteiger partial charge in [-0.25, -0.2) is 0 Å². The maximum absolute atomic E-state index is 11.1. The van der Waals surface area contributed by atoms with E-state index in [0.717, 1.165) is 5.70 Å². The standard InChI is InChI=1S/C8H14N2O/c1-5(2)7-4-9-6(3)8(11)10-7/h4-6,9H,1-3H3,(H,10,11). The van der Waals surface area contributed by atoms with E-state index in [4.69, 9.17) is 0 Å². The van der Waals surface area contributed by atoms with Gasteiger partial charge < -0.3 is 10.6 Å². The van der Waals surface area contributed by atoms with Crippen molar-refractivity contribution in [1.29, 1.82) is 0 Å². The molecule has 1 aliphatic heterocycles. The highest BCUT2D eigenvalue weighted by Gasteiger charge is 2.18. The maximum atomic E-state index is 11.1. The first-order valence-corrected chi connectivity index (χ1v) is 3.88. The lowest BCUT2D eigenvalue weighted by Crippen LogP contribution is -2.45. The average Bonchev–Trinajstić information content (AvgIpc) is 1.94. The summed E-state index contributed by atoms with van der Waals surface area (Å²) in [5.74, 6) is 0.426. The van der Waals surface area contributed by atoms with E-state index in [2.05, 4.69) is 10.6 Å². The van der Waals surface area contributed by atoms with Gasteiger partial charge in [-0.1, -0.05) is 13.8 Å². The van der Waals surface area contributed by atoms with Crippen LogP contribution in [0.15, 0.2) is 11.9 Å². The molecule has 1 rings (SSSR count). The van der Waals surface area contributed by atoms with Crippen molar-refractivity contribution >= 4 is 5.91 Å². The molecule has 62 valence electrons. The molecule has 3 nitrogen and oxygen atoms in total. The molecule has 0 bridgehead atoms. The first kappa shape index (κ1) is 8.11. The molecule has 0 aromatic heterocycles. The van der Waals surface area contributed by atoms with Crippen LogP contribution in [0.3, 0.4) is 0 Å². The smallest absolute Gasteiger partial charge is 0.246 e. The summed E-state index contributed by atoms with van der Waals surface area (Å²) in [7, 11) is 0. The van der Waals surface area contributed by atoms with E-state index in [-0.39, 0.29) is 11.9 Å². The van der Waals surface area contributed by atoms with Gasteiger partial charge in [-0.3, -0.25) is 4.79 Å². The van der Waals surface area contributed by atoms with Gasteiger partial charge in [-0.15, -0.1) is 0 Å². The highest BCUT2D eigenvalue weighted by Crippen LogP contribution is 2.07. The second-order valence-corrected chi connectivity index (χ2v) is 3.13. The van der Waals surface area contributed by atoms with Crippen LogP contribution < -0.4 is 10.6 Å². The van der Waals surface area contributed by atoms with Crippen molar-refractivity contribution in [2.24, 2.45) is 5.92 Å². The third-order valence-corrected chi connectivity index (χ3v) is 1.77. The summed E-state index contributed by atoms with van der Waals surface area (Å²) < 4.78 is 0. The molecule has 0 fully saturated rings. The molecule has 0 saturated heterocycles. The summed E-state index contributed by atoms with van der Waals surface area (Å²) >= 11 is 0. The molecule has 1 amide bonds. The van der Waals surface area contributed by atoms with Gasteiger partial charge >= 0.3 is 0 Å². The van der Waals surface area contributed by atoms with Gasteiger partial charge in [0.25, 0.3) is 0 Å². The van der Waals surface area contributed by atoms with Crippen molar-refractivity contribution in [3.05, 3.63) is 11.9 Å². The third kappa shape index (κ3) is 1.73. The lowest BCUT2D eigenvalue weighted by atomic mass is 10.1. The fourth-order valence-electron chi connectivity index (χ4n) is 0.888. The number of nitrogens with one attached hydrogen (secondary N) is 2. The number of amides is 1. The Bertz CT molecular complexity index is 196. The van der Waals surface area contributed by atoms with Crippen LogP contribution in [0.25, 0.3) is 0 Å². The average molecular weight is 154 g/mol. The van der Waals surface area contributed by atoms with Gasteiger partial charge in [0.05, 0.1) is 0 Å². The van der Waals surface area contributed by atoms with Gasteiger partial charge in [0.1, 0.15) is 6.04 Å². The van der Waals surface area contributed by atoms with Crippen LogP contribution in [-0.4, -0.2) is 11.9 Å². The fourth-order valence-corrected chi connectivity index (χ4v) is 0.888. The highest BCUT2D eigenvalue weighted by molar-refractivity contribution is 5.84. The fraction of sp³-hybridized carbons (Fsp3) is 0.625. The van der Waals surface area contributed by atoms with Crippen LogP contribution >= 0.6 is 0 Å². The first-order chi connectivity index (χ1) is 5.11. The molecule has 1 atom stereocenters. The van der Waals surface area contributed by atoms with Crippen LogP contribution in [-0.2, 0) is 4.79 Å². The van der Waals surface area contributed by atoms with Gasteiger partial charge in [-0.2, -0.15) is 0 Å². The molecule has 0 aromatic rings. The van der Waals surface area contributed by atoms with Crippen molar-refractivity contribution in [3.63, 3.8) is 0 Å². The highest BCUT2D eigenvalue weighted by atomic mass is 16.2. The third-order valence-electron chi connectivity index (χ3n) is 1.77. The van der Waals surface area contributed by atoms with Crippen LogP contribution in [0, 0.1) is 5.92 Å². The normalized spacial score (nSPS) is 24.2. The molecule has 0 aliphatic carbocycles. The summed E-state index contributed by atoms with van der Waals surface area (Å²) in [6.45, 7) is 5.93. The van der Waals surface area contributed by atoms with E-state index in [1.807, 2.05) is 27.0 Å². The molecule has 1 unspecified atom stereocenters. The zero-order chi connectivity index (χ0) is 8.43. The van der Waals surface area contributed by atoms with Crippen molar-refractivity contribution in [3.8, 4) is 0 Å². The van der Waals surface area contributed by atoms with Gasteiger partial charge in [-0.05, 0) is 12.8 Å².